The third-order valence-electron chi connectivity index (χ3n) is 4.60. The average molecular weight is 416 g/mol. The molecule has 0 saturated carbocycles. The first-order valence-corrected chi connectivity index (χ1v) is 10.2. The van der Waals surface area contributed by atoms with Gasteiger partial charge in [0.1, 0.15) is 23.4 Å². The zero-order valence-corrected chi connectivity index (χ0v) is 17.5. The Bertz CT molecular complexity index is 1100. The first kappa shape index (κ1) is 21.7. The number of rotatable bonds is 10. The minimum atomic E-state index is -0.357. The van der Waals surface area contributed by atoms with Crippen molar-refractivity contribution in [1.82, 2.24) is 24.1 Å². The van der Waals surface area contributed by atoms with Crippen molar-refractivity contribution in [2.75, 3.05) is 18.5 Å². The molecule has 0 radical (unpaired) electrons. The van der Waals surface area contributed by atoms with E-state index in [-0.39, 0.29) is 30.7 Å². The third-order valence-corrected chi connectivity index (χ3v) is 4.60. The minimum Gasteiger partial charge on any atom is -0.394 e. The van der Waals surface area contributed by atoms with Gasteiger partial charge in [-0.2, -0.15) is 0 Å². The van der Waals surface area contributed by atoms with Gasteiger partial charge >= 0.3 is 5.69 Å². The molecule has 0 bridgehead atoms. The number of H-pyrrole nitrogens is 1. The Kier molecular flexibility index (Phi) is 7.01. The summed E-state index contributed by atoms with van der Waals surface area (Å²) in [5, 5.41) is 11.9. The fraction of sp³-hybridized carbons (Fsp3) is 0.500. The molecule has 0 spiro atoms. The molecule has 10 heteroatoms. The van der Waals surface area contributed by atoms with Gasteiger partial charge < -0.3 is 20.1 Å². The topological polar surface area (TPSA) is 127 Å². The van der Waals surface area contributed by atoms with Gasteiger partial charge in [-0.05, 0) is 31.9 Å². The Morgan fingerprint density at radius 2 is 1.93 bits per heavy atom. The molecule has 162 valence electrons. The van der Waals surface area contributed by atoms with Gasteiger partial charge in [0.2, 0.25) is 0 Å². The van der Waals surface area contributed by atoms with E-state index in [1.54, 1.807) is 16.8 Å². The Labute approximate surface area is 173 Å². The fourth-order valence-electron chi connectivity index (χ4n) is 3.25. The highest BCUT2D eigenvalue weighted by Crippen LogP contribution is 2.19. The summed E-state index contributed by atoms with van der Waals surface area (Å²) in [5.74, 6) is 1.08. The molecule has 3 N–H and O–H groups in total. The van der Waals surface area contributed by atoms with Crippen LogP contribution in [-0.4, -0.2) is 48.6 Å². The second kappa shape index (κ2) is 9.68. The molecule has 0 aromatic carbocycles. The van der Waals surface area contributed by atoms with Crippen LogP contribution in [-0.2, 0) is 17.8 Å². The molecular formula is C20H28N6O4. The number of aromatic amines is 1. The Morgan fingerprint density at radius 3 is 2.57 bits per heavy atom. The van der Waals surface area contributed by atoms with E-state index < -0.39 is 0 Å². The number of imidazole rings is 1. The van der Waals surface area contributed by atoms with Crippen LogP contribution < -0.4 is 16.6 Å². The highest BCUT2D eigenvalue weighted by molar-refractivity contribution is 5.75. The van der Waals surface area contributed by atoms with Crippen LogP contribution in [0.4, 0.5) is 5.82 Å². The molecule has 0 fully saturated rings. The van der Waals surface area contributed by atoms with Gasteiger partial charge in [-0.3, -0.25) is 13.9 Å². The summed E-state index contributed by atoms with van der Waals surface area (Å²) in [4.78, 5) is 37.6. The van der Waals surface area contributed by atoms with Gasteiger partial charge in [-0.15, -0.1) is 0 Å². The van der Waals surface area contributed by atoms with Crippen molar-refractivity contribution < 1.29 is 9.84 Å². The number of hydrogen-bond donors (Lipinski definition) is 3. The number of hydrogen-bond acceptors (Lipinski definition) is 7. The maximum Gasteiger partial charge on any atom is 0.332 e. The summed E-state index contributed by atoms with van der Waals surface area (Å²) >= 11 is 0. The summed E-state index contributed by atoms with van der Waals surface area (Å²) < 4.78 is 8.17. The average Bonchev–Trinajstić information content (AvgIpc) is 3.19. The van der Waals surface area contributed by atoms with Crippen molar-refractivity contribution in [3.8, 4) is 11.4 Å². The molecular weight excluding hydrogens is 388 g/mol. The largest absolute Gasteiger partial charge is 0.394 e. The quantitative estimate of drug-likeness (QED) is 0.428. The van der Waals surface area contributed by atoms with Crippen LogP contribution in [0.5, 0.6) is 0 Å². The van der Waals surface area contributed by atoms with Crippen molar-refractivity contribution in [2.24, 2.45) is 0 Å². The number of anilines is 1. The molecule has 1 atom stereocenters. The molecule has 3 heterocycles. The monoisotopic (exact) mass is 416 g/mol. The lowest BCUT2D eigenvalue weighted by atomic mass is 10.2. The van der Waals surface area contributed by atoms with Crippen LogP contribution in [0.2, 0.25) is 0 Å². The highest BCUT2D eigenvalue weighted by atomic mass is 16.5. The zero-order chi connectivity index (χ0) is 21.7. The number of aryl methyl sites for hydroxylation is 1. The molecule has 0 aliphatic heterocycles. The van der Waals surface area contributed by atoms with E-state index in [2.05, 4.69) is 20.3 Å². The molecule has 3 rings (SSSR count). The molecule has 30 heavy (non-hydrogen) atoms. The second-order valence-electron chi connectivity index (χ2n) is 6.99. The Hall–Kier alpha value is -2.98. The van der Waals surface area contributed by atoms with Crippen molar-refractivity contribution >= 4 is 17.0 Å². The van der Waals surface area contributed by atoms with Crippen LogP contribution >= 0.6 is 0 Å². The van der Waals surface area contributed by atoms with Crippen molar-refractivity contribution in [1.29, 1.82) is 0 Å². The first-order valence-electron chi connectivity index (χ1n) is 10.2. The van der Waals surface area contributed by atoms with E-state index in [1.807, 2.05) is 26.8 Å². The molecule has 1 unspecified atom stereocenters. The van der Waals surface area contributed by atoms with Crippen molar-refractivity contribution in [3.05, 3.63) is 39.2 Å². The minimum absolute atomic E-state index is 0.0481. The summed E-state index contributed by atoms with van der Waals surface area (Å²) in [6.45, 7) is 6.75. The standard InChI is InChI=1S/C20H28N6O4/c1-4-8-25-18-16(19(28)26(9-5-2)20(25)29)23-17(24-18)14-6-7-15(21-12-14)22-13(3)30-11-10-27/h6-7,12-13,27H,4-5,8-11H2,1-3H3,(H,21,22)(H,23,24). The Morgan fingerprint density at radius 1 is 1.20 bits per heavy atom. The molecule has 10 nitrogen and oxygen atoms in total. The van der Waals surface area contributed by atoms with Gasteiger partial charge in [0.15, 0.2) is 5.65 Å². The normalized spacial score (nSPS) is 12.4. The van der Waals surface area contributed by atoms with E-state index >= 15 is 0 Å². The maximum atomic E-state index is 12.8. The number of aliphatic hydroxyl groups is 1. The predicted molar refractivity (Wildman–Crippen MR) is 115 cm³/mol. The number of nitrogens with one attached hydrogen (secondary N) is 2. The van der Waals surface area contributed by atoms with E-state index in [0.29, 0.717) is 47.9 Å². The number of pyridine rings is 1. The van der Waals surface area contributed by atoms with Crippen molar-refractivity contribution in [3.63, 3.8) is 0 Å². The summed E-state index contributed by atoms with van der Waals surface area (Å²) in [7, 11) is 0. The highest BCUT2D eigenvalue weighted by Gasteiger charge is 2.17. The van der Waals surface area contributed by atoms with E-state index in [9.17, 15) is 9.59 Å². The summed E-state index contributed by atoms with van der Waals surface area (Å²) in [6, 6.07) is 3.59. The summed E-state index contributed by atoms with van der Waals surface area (Å²) in [6.07, 6.45) is 2.76. The smallest absolute Gasteiger partial charge is 0.332 e. The van der Waals surface area contributed by atoms with Crippen LogP contribution in [0.25, 0.3) is 22.6 Å². The first-order chi connectivity index (χ1) is 14.5. The van der Waals surface area contributed by atoms with Gasteiger partial charge in [0.25, 0.3) is 5.56 Å². The van der Waals surface area contributed by atoms with E-state index in [0.717, 1.165) is 6.42 Å². The Balaban J connectivity index is 1.97. The maximum absolute atomic E-state index is 12.8. The zero-order valence-electron chi connectivity index (χ0n) is 17.5. The lowest BCUT2D eigenvalue weighted by Gasteiger charge is -2.14. The number of aliphatic hydroxyl groups excluding tert-OH is 1. The van der Waals surface area contributed by atoms with Crippen molar-refractivity contribution in [2.45, 2.75) is 52.9 Å². The molecule has 0 amide bonds. The van der Waals surface area contributed by atoms with Crippen LogP contribution in [0.1, 0.15) is 33.6 Å². The number of aromatic nitrogens is 5. The number of ether oxygens (including phenoxy) is 1. The number of fused-ring (bicyclic) bond motifs is 1. The molecule has 3 aromatic rings. The second-order valence-corrected chi connectivity index (χ2v) is 6.99. The van der Waals surface area contributed by atoms with Gasteiger partial charge in [0.05, 0.1) is 13.2 Å². The van der Waals surface area contributed by atoms with Gasteiger partial charge in [0, 0.05) is 24.8 Å². The third kappa shape index (κ3) is 4.44. The SMILES string of the molecule is CCCn1c(=O)c2[nH]c(-c3ccc(NC(C)OCCO)nc3)nc2n(CCC)c1=O. The molecule has 0 aliphatic carbocycles. The fourth-order valence-corrected chi connectivity index (χ4v) is 3.25. The predicted octanol–water partition coefficient (Wildman–Crippen LogP) is 1.54. The van der Waals surface area contributed by atoms with E-state index in [4.69, 9.17) is 9.84 Å². The van der Waals surface area contributed by atoms with Crippen LogP contribution in [0.3, 0.4) is 0 Å². The summed E-state index contributed by atoms with van der Waals surface area (Å²) in [5.41, 5.74) is 0.688. The van der Waals surface area contributed by atoms with E-state index in [1.165, 1.54) is 4.57 Å². The molecule has 0 saturated heterocycles. The van der Waals surface area contributed by atoms with Gasteiger partial charge in [-0.1, -0.05) is 13.8 Å². The van der Waals surface area contributed by atoms with Gasteiger partial charge in [-0.25, -0.2) is 14.8 Å². The molecule has 3 aromatic heterocycles. The molecule has 0 aliphatic rings. The number of nitrogens with zero attached hydrogens (tertiary/aromatic N) is 4. The lowest BCUT2D eigenvalue weighted by Crippen LogP contribution is -2.40. The lowest BCUT2D eigenvalue weighted by molar-refractivity contribution is 0.0540. The van der Waals surface area contributed by atoms with Crippen LogP contribution in [0.15, 0.2) is 27.9 Å². The van der Waals surface area contributed by atoms with Crippen LogP contribution in [0, 0.1) is 0 Å².